The highest BCUT2D eigenvalue weighted by Crippen LogP contribution is 2.28. The lowest BCUT2D eigenvalue weighted by Crippen LogP contribution is -2.42. The Balaban J connectivity index is 1.47. The number of aromatic amines is 2. The van der Waals surface area contributed by atoms with Crippen molar-refractivity contribution in [3.8, 4) is 0 Å². The van der Waals surface area contributed by atoms with Crippen LogP contribution in [0.15, 0.2) is 46.1 Å². The van der Waals surface area contributed by atoms with E-state index in [-0.39, 0.29) is 36.6 Å². The summed E-state index contributed by atoms with van der Waals surface area (Å²) in [5, 5.41) is 5.45. The zero-order valence-electron chi connectivity index (χ0n) is 16.6. The quantitative estimate of drug-likeness (QED) is 0.552. The van der Waals surface area contributed by atoms with Crippen molar-refractivity contribution in [1.29, 1.82) is 0 Å². The number of hydrogen-bond acceptors (Lipinski definition) is 5. The van der Waals surface area contributed by atoms with Crippen molar-refractivity contribution in [2.24, 2.45) is 5.92 Å². The fourth-order valence-electron chi connectivity index (χ4n) is 3.69. The zero-order chi connectivity index (χ0) is 21.3. The molecule has 9 nitrogen and oxygen atoms in total. The van der Waals surface area contributed by atoms with Gasteiger partial charge in [0.15, 0.2) is 0 Å². The van der Waals surface area contributed by atoms with Crippen molar-refractivity contribution in [2.75, 3.05) is 5.32 Å². The molecule has 1 fully saturated rings. The van der Waals surface area contributed by atoms with E-state index in [2.05, 4.69) is 20.6 Å². The summed E-state index contributed by atoms with van der Waals surface area (Å²) in [6, 6.07) is 9.41. The number of amides is 2. The molecule has 4 N–H and O–H groups in total. The fraction of sp³-hybridized carbons (Fsp3) is 0.429. The van der Waals surface area contributed by atoms with E-state index in [0.717, 1.165) is 31.2 Å². The average Bonchev–Trinajstić information content (AvgIpc) is 2.74. The van der Waals surface area contributed by atoms with Crippen LogP contribution in [-0.2, 0) is 16.1 Å². The van der Waals surface area contributed by atoms with Gasteiger partial charge in [0.2, 0.25) is 5.91 Å². The number of alkyl carbamates (subject to hydrolysis) is 1. The van der Waals surface area contributed by atoms with E-state index in [0.29, 0.717) is 6.42 Å². The van der Waals surface area contributed by atoms with Gasteiger partial charge in [-0.2, -0.15) is 0 Å². The molecule has 2 aromatic rings. The third-order valence-corrected chi connectivity index (χ3v) is 5.26. The van der Waals surface area contributed by atoms with Crippen molar-refractivity contribution in [2.45, 2.75) is 51.2 Å². The molecule has 1 aliphatic carbocycles. The van der Waals surface area contributed by atoms with Crippen LogP contribution in [-0.4, -0.2) is 28.0 Å². The molecule has 0 radical (unpaired) electrons. The van der Waals surface area contributed by atoms with E-state index in [1.54, 1.807) is 0 Å². The van der Waals surface area contributed by atoms with Crippen molar-refractivity contribution in [3.63, 3.8) is 0 Å². The molecule has 1 saturated carbocycles. The van der Waals surface area contributed by atoms with E-state index >= 15 is 0 Å². The predicted molar refractivity (Wildman–Crippen MR) is 111 cm³/mol. The lowest BCUT2D eigenvalue weighted by Gasteiger charge is -2.31. The molecule has 3 rings (SSSR count). The third kappa shape index (κ3) is 6.33. The number of aromatic nitrogens is 2. The Hall–Kier alpha value is -3.36. The Morgan fingerprint density at radius 1 is 1.10 bits per heavy atom. The molecule has 160 valence electrons. The van der Waals surface area contributed by atoms with Crippen molar-refractivity contribution in [1.82, 2.24) is 15.3 Å². The third-order valence-electron chi connectivity index (χ3n) is 5.26. The Kier molecular flexibility index (Phi) is 7.42. The van der Waals surface area contributed by atoms with Gasteiger partial charge in [-0.15, -0.1) is 0 Å². The second-order valence-corrected chi connectivity index (χ2v) is 7.43. The first-order valence-electron chi connectivity index (χ1n) is 10.1. The Labute approximate surface area is 173 Å². The summed E-state index contributed by atoms with van der Waals surface area (Å²) in [5.41, 5.74) is -0.358. The summed E-state index contributed by atoms with van der Waals surface area (Å²) in [4.78, 5) is 51.5. The molecule has 2 amide bonds. The highest BCUT2D eigenvalue weighted by molar-refractivity contribution is 5.90. The smallest absolute Gasteiger partial charge is 0.407 e. The summed E-state index contributed by atoms with van der Waals surface area (Å²) in [6.45, 7) is 0.209. The topological polar surface area (TPSA) is 133 Å². The SMILES string of the molecule is O=C(CCC1CCCCC1NC(=O)OCc1ccccc1)Nc1c[nH]c(=O)[nH]c1=O. The van der Waals surface area contributed by atoms with Crippen LogP contribution >= 0.6 is 0 Å². The maximum absolute atomic E-state index is 12.2. The minimum atomic E-state index is -0.648. The summed E-state index contributed by atoms with van der Waals surface area (Å²) < 4.78 is 5.31. The van der Waals surface area contributed by atoms with Gasteiger partial charge in [0.1, 0.15) is 12.3 Å². The molecule has 0 saturated heterocycles. The number of H-pyrrole nitrogens is 2. The highest BCUT2D eigenvalue weighted by Gasteiger charge is 2.27. The minimum Gasteiger partial charge on any atom is -0.445 e. The van der Waals surface area contributed by atoms with Crippen molar-refractivity contribution in [3.05, 3.63) is 62.9 Å². The standard InChI is InChI=1S/C21H26N4O5/c26-18(23-17-12-22-20(28)25-19(17)27)11-10-15-8-4-5-9-16(15)24-21(29)30-13-14-6-2-1-3-7-14/h1-3,6-7,12,15-16H,4-5,8-11,13H2,(H,23,26)(H,24,29)(H2,22,25,27,28). The first kappa shape index (κ1) is 21.4. The number of benzene rings is 1. The maximum Gasteiger partial charge on any atom is 0.407 e. The molecule has 0 bridgehead atoms. The summed E-state index contributed by atoms with van der Waals surface area (Å²) in [5.74, 6) is -0.161. The largest absolute Gasteiger partial charge is 0.445 e. The molecule has 1 heterocycles. The maximum atomic E-state index is 12.2. The van der Waals surface area contributed by atoms with E-state index in [9.17, 15) is 19.2 Å². The Bertz CT molecular complexity index is 969. The number of nitrogens with one attached hydrogen (secondary N) is 4. The van der Waals surface area contributed by atoms with E-state index < -0.39 is 17.3 Å². The monoisotopic (exact) mass is 414 g/mol. The van der Waals surface area contributed by atoms with Crippen LogP contribution in [0, 0.1) is 5.92 Å². The number of rotatable bonds is 7. The van der Waals surface area contributed by atoms with Crippen LogP contribution in [0.1, 0.15) is 44.1 Å². The van der Waals surface area contributed by atoms with Crippen LogP contribution in [0.3, 0.4) is 0 Å². The Morgan fingerprint density at radius 2 is 1.87 bits per heavy atom. The molecule has 1 aliphatic rings. The summed E-state index contributed by atoms with van der Waals surface area (Å²) in [7, 11) is 0. The van der Waals surface area contributed by atoms with Gasteiger partial charge >= 0.3 is 11.8 Å². The first-order valence-corrected chi connectivity index (χ1v) is 10.1. The number of anilines is 1. The van der Waals surface area contributed by atoms with Gasteiger partial charge < -0.3 is 20.4 Å². The normalized spacial score (nSPS) is 18.4. The van der Waals surface area contributed by atoms with Crippen LogP contribution < -0.4 is 21.9 Å². The van der Waals surface area contributed by atoms with Gasteiger partial charge in [-0.1, -0.05) is 43.2 Å². The molecule has 2 atom stereocenters. The van der Waals surface area contributed by atoms with Crippen LogP contribution in [0.5, 0.6) is 0 Å². The van der Waals surface area contributed by atoms with Crippen LogP contribution in [0.2, 0.25) is 0 Å². The van der Waals surface area contributed by atoms with Gasteiger partial charge in [-0.3, -0.25) is 14.6 Å². The van der Waals surface area contributed by atoms with Crippen molar-refractivity contribution >= 4 is 17.7 Å². The second kappa shape index (κ2) is 10.4. The zero-order valence-corrected chi connectivity index (χ0v) is 16.6. The van der Waals surface area contributed by atoms with Crippen molar-refractivity contribution < 1.29 is 14.3 Å². The summed E-state index contributed by atoms with van der Waals surface area (Å²) in [6.07, 6.45) is 5.31. The molecule has 30 heavy (non-hydrogen) atoms. The molecule has 9 heteroatoms. The minimum absolute atomic E-state index is 0.00223. The highest BCUT2D eigenvalue weighted by atomic mass is 16.5. The van der Waals surface area contributed by atoms with Crippen LogP contribution in [0.25, 0.3) is 0 Å². The van der Waals surface area contributed by atoms with Gasteiger partial charge in [0, 0.05) is 18.7 Å². The molecule has 1 aromatic carbocycles. The fourth-order valence-corrected chi connectivity index (χ4v) is 3.69. The summed E-state index contributed by atoms with van der Waals surface area (Å²) >= 11 is 0. The molecular weight excluding hydrogens is 388 g/mol. The molecular formula is C21H26N4O5. The second-order valence-electron chi connectivity index (χ2n) is 7.43. The molecule has 1 aromatic heterocycles. The van der Waals surface area contributed by atoms with Gasteiger partial charge in [0.25, 0.3) is 5.56 Å². The molecule has 0 spiro atoms. The van der Waals surface area contributed by atoms with E-state index in [4.69, 9.17) is 4.74 Å². The van der Waals surface area contributed by atoms with E-state index in [1.807, 2.05) is 30.3 Å². The predicted octanol–water partition coefficient (Wildman–Crippen LogP) is 2.27. The Morgan fingerprint density at radius 3 is 2.63 bits per heavy atom. The average molecular weight is 414 g/mol. The number of hydrogen-bond donors (Lipinski definition) is 4. The van der Waals surface area contributed by atoms with Gasteiger partial charge in [-0.25, -0.2) is 9.59 Å². The van der Waals surface area contributed by atoms with Crippen LogP contribution in [0.4, 0.5) is 10.5 Å². The van der Waals surface area contributed by atoms with E-state index in [1.165, 1.54) is 6.20 Å². The molecule has 0 aliphatic heterocycles. The number of carbonyl (C=O) groups excluding carboxylic acids is 2. The number of carbonyl (C=O) groups is 2. The van der Waals surface area contributed by atoms with Gasteiger partial charge in [0.05, 0.1) is 0 Å². The molecule has 2 unspecified atom stereocenters. The number of ether oxygens (including phenoxy) is 1. The lowest BCUT2D eigenvalue weighted by molar-refractivity contribution is -0.116. The first-order chi connectivity index (χ1) is 14.5. The lowest BCUT2D eigenvalue weighted by atomic mass is 9.81. The van der Waals surface area contributed by atoms with Gasteiger partial charge in [-0.05, 0) is 30.7 Å².